The summed E-state index contributed by atoms with van der Waals surface area (Å²) in [7, 11) is 0. The van der Waals surface area contributed by atoms with E-state index in [1.807, 2.05) is 31.2 Å². The molecule has 1 rings (SSSR count). The van der Waals surface area contributed by atoms with E-state index in [0.29, 0.717) is 6.42 Å². The summed E-state index contributed by atoms with van der Waals surface area (Å²) in [6.07, 6.45) is 2.36. The van der Waals surface area contributed by atoms with Gasteiger partial charge in [-0.1, -0.05) is 50.3 Å². The second-order valence-electron chi connectivity index (χ2n) is 3.75. The van der Waals surface area contributed by atoms with Crippen molar-refractivity contribution >= 4 is 5.78 Å². The molecule has 0 saturated heterocycles. The average Bonchev–Trinajstić information content (AvgIpc) is 2.29. The van der Waals surface area contributed by atoms with Crippen LogP contribution in [0.1, 0.15) is 42.6 Å². The SMILES string of the molecule is C=C(CC)CC(=O)c1ccc(CC)cc1. The van der Waals surface area contributed by atoms with Crippen LogP contribution in [0.4, 0.5) is 0 Å². The van der Waals surface area contributed by atoms with Crippen LogP contribution >= 0.6 is 0 Å². The molecule has 0 radical (unpaired) electrons. The maximum Gasteiger partial charge on any atom is 0.166 e. The largest absolute Gasteiger partial charge is 0.294 e. The van der Waals surface area contributed by atoms with Crippen molar-refractivity contribution in [2.24, 2.45) is 0 Å². The van der Waals surface area contributed by atoms with E-state index in [-0.39, 0.29) is 5.78 Å². The first-order chi connectivity index (χ1) is 7.17. The smallest absolute Gasteiger partial charge is 0.166 e. The molecule has 0 spiro atoms. The molecule has 80 valence electrons. The van der Waals surface area contributed by atoms with Crippen LogP contribution in [-0.4, -0.2) is 5.78 Å². The number of Topliss-reactive ketones (excluding diaryl/α,β-unsaturated/α-hetero) is 1. The van der Waals surface area contributed by atoms with Crippen LogP contribution in [-0.2, 0) is 6.42 Å². The van der Waals surface area contributed by atoms with E-state index in [9.17, 15) is 4.79 Å². The third-order valence-corrected chi connectivity index (χ3v) is 2.59. The van der Waals surface area contributed by atoms with Crippen molar-refractivity contribution in [3.8, 4) is 0 Å². The van der Waals surface area contributed by atoms with E-state index in [1.165, 1.54) is 5.56 Å². The number of aryl methyl sites for hydroxylation is 1. The minimum Gasteiger partial charge on any atom is -0.294 e. The number of carbonyl (C=O) groups excluding carboxylic acids is 1. The Morgan fingerprint density at radius 2 is 1.80 bits per heavy atom. The average molecular weight is 202 g/mol. The van der Waals surface area contributed by atoms with E-state index in [1.54, 1.807) is 0 Å². The Bertz CT molecular complexity index is 346. The standard InChI is InChI=1S/C14H18O/c1-4-11(3)10-14(15)13-8-6-12(5-2)7-9-13/h6-9H,3-5,10H2,1-2H3. The Kier molecular flexibility index (Phi) is 4.29. The molecule has 1 aromatic carbocycles. The second-order valence-corrected chi connectivity index (χ2v) is 3.75. The van der Waals surface area contributed by atoms with Crippen LogP contribution in [0.25, 0.3) is 0 Å². The topological polar surface area (TPSA) is 17.1 Å². The predicted molar refractivity (Wildman–Crippen MR) is 64.2 cm³/mol. The zero-order valence-electron chi connectivity index (χ0n) is 9.55. The van der Waals surface area contributed by atoms with E-state index >= 15 is 0 Å². The lowest BCUT2D eigenvalue weighted by atomic mass is 10.0. The summed E-state index contributed by atoms with van der Waals surface area (Å²) in [6, 6.07) is 7.85. The molecule has 0 fully saturated rings. The molecule has 0 atom stereocenters. The second kappa shape index (κ2) is 5.50. The summed E-state index contributed by atoms with van der Waals surface area (Å²) in [5.41, 5.74) is 3.06. The molecule has 0 amide bonds. The highest BCUT2D eigenvalue weighted by atomic mass is 16.1. The summed E-state index contributed by atoms with van der Waals surface area (Å²) < 4.78 is 0. The molecule has 0 aliphatic heterocycles. The first-order valence-corrected chi connectivity index (χ1v) is 5.46. The van der Waals surface area contributed by atoms with Gasteiger partial charge in [-0.15, -0.1) is 0 Å². The molecule has 0 aromatic heterocycles. The van der Waals surface area contributed by atoms with Crippen molar-refractivity contribution in [3.05, 3.63) is 47.5 Å². The number of benzene rings is 1. The van der Waals surface area contributed by atoms with Crippen molar-refractivity contribution in [2.75, 3.05) is 0 Å². The van der Waals surface area contributed by atoms with E-state index in [0.717, 1.165) is 24.0 Å². The fraction of sp³-hybridized carbons (Fsp3) is 0.357. The molecule has 0 N–H and O–H groups in total. The van der Waals surface area contributed by atoms with Crippen molar-refractivity contribution < 1.29 is 4.79 Å². The Balaban J connectivity index is 2.70. The van der Waals surface area contributed by atoms with Gasteiger partial charge >= 0.3 is 0 Å². The summed E-state index contributed by atoms with van der Waals surface area (Å²) in [4.78, 5) is 11.8. The summed E-state index contributed by atoms with van der Waals surface area (Å²) >= 11 is 0. The highest BCUT2D eigenvalue weighted by Gasteiger charge is 2.06. The van der Waals surface area contributed by atoms with Gasteiger partial charge in [0.05, 0.1) is 0 Å². The number of hydrogen-bond acceptors (Lipinski definition) is 1. The van der Waals surface area contributed by atoms with Crippen molar-refractivity contribution in [2.45, 2.75) is 33.1 Å². The van der Waals surface area contributed by atoms with Gasteiger partial charge in [-0.05, 0) is 18.4 Å². The molecule has 0 saturated carbocycles. The first-order valence-electron chi connectivity index (χ1n) is 5.46. The summed E-state index contributed by atoms with van der Waals surface area (Å²) in [6.45, 7) is 7.98. The molecule has 1 aromatic rings. The summed E-state index contributed by atoms with van der Waals surface area (Å²) in [5, 5.41) is 0. The summed E-state index contributed by atoms with van der Waals surface area (Å²) in [5.74, 6) is 0.171. The Hall–Kier alpha value is -1.37. The fourth-order valence-electron chi connectivity index (χ4n) is 1.38. The number of ketones is 1. The van der Waals surface area contributed by atoms with Gasteiger partial charge in [-0.25, -0.2) is 0 Å². The molecular weight excluding hydrogens is 184 g/mol. The Morgan fingerprint density at radius 1 is 1.20 bits per heavy atom. The third kappa shape index (κ3) is 3.35. The van der Waals surface area contributed by atoms with Crippen molar-refractivity contribution in [1.82, 2.24) is 0 Å². The van der Waals surface area contributed by atoms with Gasteiger partial charge in [0, 0.05) is 12.0 Å². The molecule has 0 bridgehead atoms. The Morgan fingerprint density at radius 3 is 2.27 bits per heavy atom. The maximum atomic E-state index is 11.8. The lowest BCUT2D eigenvalue weighted by Crippen LogP contribution is -2.00. The number of rotatable bonds is 5. The minimum absolute atomic E-state index is 0.171. The molecule has 1 nitrogen and oxygen atoms in total. The Labute approximate surface area is 91.8 Å². The van der Waals surface area contributed by atoms with Gasteiger partial charge in [0.1, 0.15) is 0 Å². The predicted octanol–water partition coefficient (Wildman–Crippen LogP) is 3.79. The lowest BCUT2D eigenvalue weighted by Gasteiger charge is -2.03. The van der Waals surface area contributed by atoms with Gasteiger partial charge in [-0.3, -0.25) is 4.79 Å². The zero-order valence-corrected chi connectivity index (χ0v) is 9.55. The van der Waals surface area contributed by atoms with Gasteiger partial charge in [-0.2, -0.15) is 0 Å². The zero-order chi connectivity index (χ0) is 11.3. The highest BCUT2D eigenvalue weighted by Crippen LogP contribution is 2.12. The lowest BCUT2D eigenvalue weighted by molar-refractivity contribution is 0.0992. The normalized spacial score (nSPS) is 10.0. The number of hydrogen-bond donors (Lipinski definition) is 0. The monoisotopic (exact) mass is 202 g/mol. The molecule has 0 aliphatic rings. The molecule has 0 aliphatic carbocycles. The van der Waals surface area contributed by atoms with Crippen molar-refractivity contribution in [3.63, 3.8) is 0 Å². The quantitative estimate of drug-likeness (QED) is 0.524. The molecule has 0 unspecified atom stereocenters. The maximum absolute atomic E-state index is 11.8. The van der Waals surface area contributed by atoms with Gasteiger partial charge < -0.3 is 0 Å². The van der Waals surface area contributed by atoms with Gasteiger partial charge in [0.2, 0.25) is 0 Å². The molecule has 15 heavy (non-hydrogen) atoms. The number of allylic oxidation sites excluding steroid dienone is 1. The van der Waals surface area contributed by atoms with Gasteiger partial charge in [0.25, 0.3) is 0 Å². The van der Waals surface area contributed by atoms with Crippen LogP contribution in [0.2, 0.25) is 0 Å². The van der Waals surface area contributed by atoms with E-state index in [2.05, 4.69) is 13.5 Å². The third-order valence-electron chi connectivity index (χ3n) is 2.59. The van der Waals surface area contributed by atoms with Crippen LogP contribution in [0.15, 0.2) is 36.4 Å². The van der Waals surface area contributed by atoms with Crippen LogP contribution in [0.5, 0.6) is 0 Å². The minimum atomic E-state index is 0.171. The van der Waals surface area contributed by atoms with Crippen LogP contribution in [0, 0.1) is 0 Å². The molecule has 0 heterocycles. The fourth-order valence-corrected chi connectivity index (χ4v) is 1.38. The van der Waals surface area contributed by atoms with E-state index in [4.69, 9.17) is 0 Å². The molecule has 1 heteroatoms. The first kappa shape index (κ1) is 11.7. The molecular formula is C14H18O. The van der Waals surface area contributed by atoms with Crippen LogP contribution < -0.4 is 0 Å². The van der Waals surface area contributed by atoms with Gasteiger partial charge in [0.15, 0.2) is 5.78 Å². The van der Waals surface area contributed by atoms with Crippen molar-refractivity contribution in [1.29, 1.82) is 0 Å². The number of carbonyl (C=O) groups is 1. The highest BCUT2D eigenvalue weighted by molar-refractivity contribution is 5.97. The van der Waals surface area contributed by atoms with E-state index < -0.39 is 0 Å². The van der Waals surface area contributed by atoms with Crippen LogP contribution in [0.3, 0.4) is 0 Å².